The van der Waals surface area contributed by atoms with Crippen molar-refractivity contribution >= 4 is 23.1 Å². The lowest BCUT2D eigenvalue weighted by Gasteiger charge is -2.08. The van der Waals surface area contributed by atoms with Crippen molar-refractivity contribution in [3.05, 3.63) is 65.6 Å². The van der Waals surface area contributed by atoms with E-state index in [0.717, 1.165) is 30.2 Å². The molecule has 0 radical (unpaired) electrons. The van der Waals surface area contributed by atoms with Crippen LogP contribution in [-0.2, 0) is 19.6 Å². The Labute approximate surface area is 152 Å². The highest BCUT2D eigenvalue weighted by Crippen LogP contribution is 2.08. The lowest BCUT2D eigenvalue weighted by atomic mass is 10.2. The lowest BCUT2D eigenvalue weighted by molar-refractivity contribution is 0.653. The molecule has 0 amide bonds. The van der Waals surface area contributed by atoms with Crippen molar-refractivity contribution in [2.24, 2.45) is 0 Å². The zero-order chi connectivity index (χ0) is 17.6. The molecule has 2 N–H and O–H groups in total. The molecule has 3 rings (SSSR count). The maximum atomic E-state index is 5.35. The molecule has 0 aliphatic rings. The van der Waals surface area contributed by atoms with Crippen LogP contribution >= 0.6 is 12.2 Å². The van der Waals surface area contributed by atoms with E-state index in [4.69, 9.17) is 12.2 Å². The van der Waals surface area contributed by atoms with Crippen LogP contribution in [0.4, 0.5) is 5.82 Å². The zero-order valence-corrected chi connectivity index (χ0v) is 15.3. The molecular weight excluding hydrogens is 332 g/mol. The molecule has 0 saturated heterocycles. The number of hydrogen-bond donors (Lipinski definition) is 2. The van der Waals surface area contributed by atoms with Crippen molar-refractivity contribution in [2.45, 2.75) is 33.5 Å². The molecule has 130 valence electrons. The van der Waals surface area contributed by atoms with Crippen molar-refractivity contribution in [1.29, 1.82) is 0 Å². The molecule has 0 aliphatic heterocycles. The molecule has 0 saturated carbocycles. The summed E-state index contributed by atoms with van der Waals surface area (Å²) in [4.78, 5) is 0. The molecule has 3 aromatic rings. The lowest BCUT2D eigenvalue weighted by Crippen LogP contribution is -2.28. The molecule has 7 heteroatoms. The summed E-state index contributed by atoms with van der Waals surface area (Å²) in [5.74, 6) is 0.731. The van der Waals surface area contributed by atoms with Gasteiger partial charge < -0.3 is 10.6 Å². The average Bonchev–Trinajstić information content (AvgIpc) is 3.20. The van der Waals surface area contributed by atoms with Crippen LogP contribution in [0.2, 0.25) is 0 Å². The third-order valence-electron chi connectivity index (χ3n) is 3.88. The molecule has 1 aromatic carbocycles. The largest absolute Gasteiger partial charge is 0.358 e. The van der Waals surface area contributed by atoms with E-state index >= 15 is 0 Å². The average molecular weight is 354 g/mol. The van der Waals surface area contributed by atoms with Gasteiger partial charge in [-0.1, -0.05) is 30.3 Å². The van der Waals surface area contributed by atoms with E-state index in [2.05, 4.69) is 39.9 Å². The van der Waals surface area contributed by atoms with E-state index in [1.165, 1.54) is 5.56 Å². The van der Waals surface area contributed by atoms with E-state index in [9.17, 15) is 0 Å². The van der Waals surface area contributed by atoms with Crippen molar-refractivity contribution in [2.75, 3.05) is 5.32 Å². The first-order valence-electron chi connectivity index (χ1n) is 8.29. The predicted molar refractivity (Wildman–Crippen MR) is 103 cm³/mol. The van der Waals surface area contributed by atoms with Gasteiger partial charge in [0.05, 0.1) is 12.2 Å². The third-order valence-corrected chi connectivity index (χ3v) is 4.13. The van der Waals surface area contributed by atoms with E-state index in [0.29, 0.717) is 11.7 Å². The van der Waals surface area contributed by atoms with Gasteiger partial charge in [-0.15, -0.1) is 0 Å². The Balaban J connectivity index is 1.52. The Hall–Kier alpha value is -2.67. The Bertz CT molecular complexity index is 836. The summed E-state index contributed by atoms with van der Waals surface area (Å²) in [6.07, 6.45) is 3.98. The molecule has 0 bridgehead atoms. The van der Waals surface area contributed by atoms with Gasteiger partial charge in [0.1, 0.15) is 0 Å². The highest BCUT2D eigenvalue weighted by Gasteiger charge is 2.06. The van der Waals surface area contributed by atoms with Gasteiger partial charge in [-0.25, -0.2) is 0 Å². The molecular formula is C18H22N6S. The minimum atomic E-state index is 0.550. The highest BCUT2D eigenvalue weighted by molar-refractivity contribution is 7.80. The summed E-state index contributed by atoms with van der Waals surface area (Å²) in [7, 11) is 0. The highest BCUT2D eigenvalue weighted by atomic mass is 32.1. The van der Waals surface area contributed by atoms with Gasteiger partial charge in [0, 0.05) is 37.1 Å². The number of hydrogen-bond acceptors (Lipinski definition) is 3. The number of benzene rings is 1. The fourth-order valence-electron chi connectivity index (χ4n) is 2.52. The molecule has 0 unspecified atom stereocenters. The molecule has 6 nitrogen and oxygen atoms in total. The van der Waals surface area contributed by atoms with Crippen LogP contribution in [0, 0.1) is 6.92 Å². The minimum absolute atomic E-state index is 0.550. The Morgan fingerprint density at radius 2 is 1.92 bits per heavy atom. The van der Waals surface area contributed by atoms with Gasteiger partial charge in [0.2, 0.25) is 0 Å². The zero-order valence-electron chi connectivity index (χ0n) is 14.4. The van der Waals surface area contributed by atoms with Gasteiger partial charge in [0.15, 0.2) is 10.9 Å². The van der Waals surface area contributed by atoms with Crippen molar-refractivity contribution in [3.63, 3.8) is 0 Å². The summed E-state index contributed by atoms with van der Waals surface area (Å²) in [6, 6.07) is 12.1. The predicted octanol–water partition coefficient (Wildman–Crippen LogP) is 2.94. The van der Waals surface area contributed by atoms with E-state index in [-0.39, 0.29) is 0 Å². The van der Waals surface area contributed by atoms with Crippen molar-refractivity contribution in [3.8, 4) is 0 Å². The summed E-state index contributed by atoms with van der Waals surface area (Å²) in [5.41, 5.74) is 3.37. The number of nitrogens with one attached hydrogen (secondary N) is 2. The maximum Gasteiger partial charge on any atom is 0.172 e. The third kappa shape index (κ3) is 4.67. The quantitative estimate of drug-likeness (QED) is 0.667. The van der Waals surface area contributed by atoms with Gasteiger partial charge in [-0.2, -0.15) is 10.2 Å². The van der Waals surface area contributed by atoms with Crippen LogP contribution in [0.3, 0.4) is 0 Å². The smallest absolute Gasteiger partial charge is 0.172 e. The molecule has 0 atom stereocenters. The number of anilines is 1. The van der Waals surface area contributed by atoms with Crippen LogP contribution in [0.5, 0.6) is 0 Å². The van der Waals surface area contributed by atoms with Crippen LogP contribution < -0.4 is 10.6 Å². The topological polar surface area (TPSA) is 59.7 Å². The first-order chi connectivity index (χ1) is 12.1. The maximum absolute atomic E-state index is 5.35. The van der Waals surface area contributed by atoms with Crippen molar-refractivity contribution in [1.82, 2.24) is 24.9 Å². The second kappa shape index (κ2) is 7.94. The standard InChI is InChI=1S/C18H22N6S/c1-3-23-13-16(14(2)21-23)11-19-18(25)20-17-9-10-24(22-17)12-15-7-5-4-6-8-15/h4-10,13H,3,11-12H2,1-2H3,(H2,19,20,22,25). The van der Waals surface area contributed by atoms with E-state index < -0.39 is 0 Å². The van der Waals surface area contributed by atoms with Crippen LogP contribution in [0.15, 0.2) is 48.8 Å². The molecule has 2 heterocycles. The second-order valence-electron chi connectivity index (χ2n) is 5.79. The fraction of sp³-hybridized carbons (Fsp3) is 0.278. The van der Waals surface area contributed by atoms with Crippen molar-refractivity contribution < 1.29 is 0 Å². The van der Waals surface area contributed by atoms with Crippen LogP contribution in [0.1, 0.15) is 23.7 Å². The van der Waals surface area contributed by atoms with Gasteiger partial charge in [-0.3, -0.25) is 9.36 Å². The molecule has 0 spiro atoms. The molecule has 0 fully saturated rings. The van der Waals surface area contributed by atoms with E-state index in [1.54, 1.807) is 0 Å². The number of aryl methyl sites for hydroxylation is 2. The molecule has 0 aliphatic carbocycles. The Morgan fingerprint density at radius 1 is 1.12 bits per heavy atom. The van der Waals surface area contributed by atoms with Gasteiger partial charge >= 0.3 is 0 Å². The number of nitrogens with zero attached hydrogens (tertiary/aromatic N) is 4. The Kier molecular flexibility index (Phi) is 5.45. The van der Waals surface area contributed by atoms with E-state index in [1.807, 2.05) is 52.9 Å². The summed E-state index contributed by atoms with van der Waals surface area (Å²) < 4.78 is 3.81. The molecule has 2 aromatic heterocycles. The summed E-state index contributed by atoms with van der Waals surface area (Å²) >= 11 is 5.35. The second-order valence-corrected chi connectivity index (χ2v) is 6.20. The fourth-order valence-corrected chi connectivity index (χ4v) is 2.69. The summed E-state index contributed by atoms with van der Waals surface area (Å²) in [6.45, 7) is 6.31. The first kappa shape index (κ1) is 17.2. The SMILES string of the molecule is CCn1cc(CNC(=S)Nc2ccn(Cc3ccccc3)n2)c(C)n1. The monoisotopic (exact) mass is 354 g/mol. The number of rotatable bonds is 6. The van der Waals surface area contributed by atoms with Crippen LogP contribution in [-0.4, -0.2) is 24.7 Å². The Morgan fingerprint density at radius 3 is 2.64 bits per heavy atom. The van der Waals surface area contributed by atoms with Crippen LogP contribution in [0.25, 0.3) is 0 Å². The minimum Gasteiger partial charge on any atom is -0.358 e. The summed E-state index contributed by atoms with van der Waals surface area (Å²) in [5, 5.41) is 15.8. The number of thiocarbonyl (C=S) groups is 1. The first-order valence-corrected chi connectivity index (χ1v) is 8.70. The van der Waals surface area contributed by atoms with Gasteiger partial charge in [0.25, 0.3) is 0 Å². The molecule has 25 heavy (non-hydrogen) atoms. The van der Waals surface area contributed by atoms with Gasteiger partial charge in [-0.05, 0) is 31.6 Å². The normalized spacial score (nSPS) is 10.6. The number of aromatic nitrogens is 4.